The minimum absolute atomic E-state index is 0.0494. The molecule has 3 aromatic rings. The van der Waals surface area contributed by atoms with Gasteiger partial charge in [0.15, 0.2) is 0 Å². The Balaban J connectivity index is 1.71. The van der Waals surface area contributed by atoms with Crippen molar-refractivity contribution >= 4 is 28.2 Å². The summed E-state index contributed by atoms with van der Waals surface area (Å²) in [6, 6.07) is 7.72. The SMILES string of the molecule is CCn1ccc2cc(Nc3cc(C)ccn3)nc(NC[C@H]3CC[C@H](O)C3)c2c1=O. The van der Waals surface area contributed by atoms with E-state index in [2.05, 4.69) is 15.6 Å². The van der Waals surface area contributed by atoms with Crippen molar-refractivity contribution in [1.82, 2.24) is 14.5 Å². The van der Waals surface area contributed by atoms with Gasteiger partial charge in [-0.2, -0.15) is 0 Å². The van der Waals surface area contributed by atoms with Gasteiger partial charge in [-0.05, 0) is 74.2 Å². The highest BCUT2D eigenvalue weighted by Gasteiger charge is 2.23. The van der Waals surface area contributed by atoms with E-state index >= 15 is 0 Å². The van der Waals surface area contributed by atoms with E-state index in [1.54, 1.807) is 10.8 Å². The molecular formula is C22H27N5O2. The van der Waals surface area contributed by atoms with E-state index < -0.39 is 0 Å². The quantitative estimate of drug-likeness (QED) is 0.594. The van der Waals surface area contributed by atoms with Crippen molar-refractivity contribution in [2.45, 2.75) is 45.8 Å². The molecule has 3 aromatic heterocycles. The Morgan fingerprint density at radius 1 is 1.24 bits per heavy atom. The maximum Gasteiger partial charge on any atom is 0.262 e. The van der Waals surface area contributed by atoms with Crippen molar-refractivity contribution in [3.8, 4) is 0 Å². The van der Waals surface area contributed by atoms with Crippen LogP contribution in [0, 0.1) is 12.8 Å². The molecule has 3 N–H and O–H groups in total. The van der Waals surface area contributed by atoms with Crippen LogP contribution in [0.4, 0.5) is 17.5 Å². The molecule has 0 saturated heterocycles. The van der Waals surface area contributed by atoms with Crippen molar-refractivity contribution < 1.29 is 5.11 Å². The molecule has 0 unspecified atom stereocenters. The number of nitrogens with zero attached hydrogens (tertiary/aromatic N) is 3. The molecule has 0 aliphatic heterocycles. The Kier molecular flexibility index (Phi) is 5.49. The number of aliphatic hydroxyl groups excluding tert-OH is 1. The summed E-state index contributed by atoms with van der Waals surface area (Å²) >= 11 is 0. The van der Waals surface area contributed by atoms with Gasteiger partial charge in [-0.25, -0.2) is 9.97 Å². The highest BCUT2D eigenvalue weighted by Crippen LogP contribution is 2.28. The van der Waals surface area contributed by atoms with E-state index in [1.807, 2.05) is 44.3 Å². The third-order valence-corrected chi connectivity index (χ3v) is 5.54. The van der Waals surface area contributed by atoms with E-state index in [9.17, 15) is 9.90 Å². The zero-order valence-corrected chi connectivity index (χ0v) is 16.9. The summed E-state index contributed by atoms with van der Waals surface area (Å²) < 4.78 is 1.68. The molecule has 29 heavy (non-hydrogen) atoms. The lowest BCUT2D eigenvalue weighted by molar-refractivity contribution is 0.178. The molecule has 4 rings (SSSR count). The zero-order chi connectivity index (χ0) is 20.4. The van der Waals surface area contributed by atoms with Crippen LogP contribution in [-0.4, -0.2) is 32.3 Å². The number of anilines is 3. The fraction of sp³-hybridized carbons (Fsp3) is 0.409. The number of hydrogen-bond donors (Lipinski definition) is 3. The smallest absolute Gasteiger partial charge is 0.262 e. The van der Waals surface area contributed by atoms with Crippen LogP contribution in [0.15, 0.2) is 41.5 Å². The highest BCUT2D eigenvalue weighted by molar-refractivity contribution is 5.93. The van der Waals surface area contributed by atoms with E-state index in [4.69, 9.17) is 4.98 Å². The van der Waals surface area contributed by atoms with Gasteiger partial charge in [0, 0.05) is 25.5 Å². The summed E-state index contributed by atoms with van der Waals surface area (Å²) in [7, 11) is 0. The largest absolute Gasteiger partial charge is 0.393 e. The Bertz CT molecular complexity index is 1080. The van der Waals surface area contributed by atoms with Crippen LogP contribution < -0.4 is 16.2 Å². The molecular weight excluding hydrogens is 366 g/mol. The Hall–Kier alpha value is -2.93. The molecule has 7 heteroatoms. The molecule has 0 amide bonds. The van der Waals surface area contributed by atoms with E-state index in [-0.39, 0.29) is 11.7 Å². The standard InChI is InChI=1S/C22H27N5O2/c1-3-27-9-7-16-12-19(25-18-10-14(2)6-8-23-18)26-21(20(16)22(27)29)24-13-15-4-5-17(28)11-15/h6-10,12,15,17,28H,3-5,11,13H2,1-2H3,(H2,23,24,25,26)/t15-,17-/m0/s1. The second kappa shape index (κ2) is 8.21. The second-order valence-corrected chi connectivity index (χ2v) is 7.78. The van der Waals surface area contributed by atoms with Gasteiger partial charge in [-0.1, -0.05) is 0 Å². The predicted octanol–water partition coefficient (Wildman–Crippen LogP) is 3.44. The van der Waals surface area contributed by atoms with Gasteiger partial charge >= 0.3 is 0 Å². The number of fused-ring (bicyclic) bond motifs is 1. The van der Waals surface area contributed by atoms with Crippen LogP contribution in [0.25, 0.3) is 10.8 Å². The first-order chi connectivity index (χ1) is 14.0. The first-order valence-corrected chi connectivity index (χ1v) is 10.2. The lowest BCUT2D eigenvalue weighted by Crippen LogP contribution is -2.21. The molecule has 0 radical (unpaired) electrons. The third kappa shape index (κ3) is 4.24. The van der Waals surface area contributed by atoms with Crippen LogP contribution >= 0.6 is 0 Å². The number of aliphatic hydroxyl groups is 1. The number of nitrogens with one attached hydrogen (secondary N) is 2. The van der Waals surface area contributed by atoms with Crippen molar-refractivity contribution in [3.63, 3.8) is 0 Å². The van der Waals surface area contributed by atoms with Crippen molar-refractivity contribution in [3.05, 3.63) is 52.6 Å². The summed E-state index contributed by atoms with van der Waals surface area (Å²) in [6.07, 6.45) is 5.96. The average molecular weight is 393 g/mol. The van der Waals surface area contributed by atoms with Crippen LogP contribution in [0.3, 0.4) is 0 Å². The monoisotopic (exact) mass is 393 g/mol. The summed E-state index contributed by atoms with van der Waals surface area (Å²) in [5.41, 5.74) is 1.05. The van der Waals surface area contributed by atoms with Gasteiger partial charge < -0.3 is 20.3 Å². The molecule has 1 fully saturated rings. The van der Waals surface area contributed by atoms with E-state index in [0.717, 1.165) is 30.2 Å². The number of hydrogen-bond acceptors (Lipinski definition) is 6. The third-order valence-electron chi connectivity index (χ3n) is 5.54. The fourth-order valence-electron chi connectivity index (χ4n) is 3.95. The van der Waals surface area contributed by atoms with Gasteiger partial charge in [0.2, 0.25) is 0 Å². The first-order valence-electron chi connectivity index (χ1n) is 10.2. The Morgan fingerprint density at radius 3 is 2.83 bits per heavy atom. The summed E-state index contributed by atoms with van der Waals surface area (Å²) in [6.45, 7) is 5.26. The van der Waals surface area contributed by atoms with Gasteiger partial charge in [-0.3, -0.25) is 4.79 Å². The summed E-state index contributed by atoms with van der Waals surface area (Å²) in [5.74, 6) is 2.31. The van der Waals surface area contributed by atoms with Crippen molar-refractivity contribution in [2.24, 2.45) is 5.92 Å². The zero-order valence-electron chi connectivity index (χ0n) is 16.9. The van der Waals surface area contributed by atoms with Crippen LogP contribution in [-0.2, 0) is 6.54 Å². The van der Waals surface area contributed by atoms with Gasteiger partial charge in [0.25, 0.3) is 5.56 Å². The molecule has 1 aliphatic carbocycles. The number of aryl methyl sites for hydroxylation is 2. The molecule has 1 saturated carbocycles. The Morgan fingerprint density at radius 2 is 2.10 bits per heavy atom. The Labute approximate surface area is 169 Å². The van der Waals surface area contributed by atoms with E-state index in [1.165, 1.54) is 0 Å². The highest BCUT2D eigenvalue weighted by atomic mass is 16.3. The maximum absolute atomic E-state index is 13.0. The molecule has 152 valence electrons. The number of pyridine rings is 3. The average Bonchev–Trinajstić information content (AvgIpc) is 3.11. The van der Waals surface area contributed by atoms with Gasteiger partial charge in [-0.15, -0.1) is 0 Å². The summed E-state index contributed by atoms with van der Waals surface area (Å²) in [4.78, 5) is 22.0. The predicted molar refractivity (Wildman–Crippen MR) is 116 cm³/mol. The van der Waals surface area contributed by atoms with Gasteiger partial charge in [0.1, 0.15) is 17.5 Å². The van der Waals surface area contributed by atoms with Crippen molar-refractivity contribution in [1.29, 1.82) is 0 Å². The summed E-state index contributed by atoms with van der Waals surface area (Å²) in [5, 5.41) is 17.9. The van der Waals surface area contributed by atoms with Crippen LogP contribution in [0.1, 0.15) is 31.7 Å². The van der Waals surface area contributed by atoms with Gasteiger partial charge in [0.05, 0.1) is 11.5 Å². The molecule has 0 bridgehead atoms. The minimum Gasteiger partial charge on any atom is -0.393 e. The lowest BCUT2D eigenvalue weighted by atomic mass is 10.1. The topological polar surface area (TPSA) is 92.1 Å². The van der Waals surface area contributed by atoms with E-state index in [0.29, 0.717) is 41.8 Å². The van der Waals surface area contributed by atoms with Crippen LogP contribution in [0.5, 0.6) is 0 Å². The molecule has 0 aromatic carbocycles. The molecule has 0 spiro atoms. The molecule has 1 aliphatic rings. The van der Waals surface area contributed by atoms with Crippen LogP contribution in [0.2, 0.25) is 0 Å². The second-order valence-electron chi connectivity index (χ2n) is 7.78. The maximum atomic E-state index is 13.0. The molecule has 7 nitrogen and oxygen atoms in total. The number of rotatable bonds is 6. The normalized spacial score (nSPS) is 18.9. The lowest BCUT2D eigenvalue weighted by Gasteiger charge is -2.16. The molecule has 2 atom stereocenters. The number of aromatic nitrogens is 3. The first kappa shape index (κ1) is 19.4. The minimum atomic E-state index is -0.218. The fourth-order valence-corrected chi connectivity index (χ4v) is 3.95. The van der Waals surface area contributed by atoms with Crippen molar-refractivity contribution in [2.75, 3.05) is 17.2 Å². The molecule has 3 heterocycles.